The largest absolute Gasteiger partial charge is 0.486 e. The molecule has 1 heterocycles. The fourth-order valence-electron chi connectivity index (χ4n) is 2.41. The van der Waals surface area contributed by atoms with E-state index in [0.29, 0.717) is 29.3 Å². The van der Waals surface area contributed by atoms with Crippen molar-refractivity contribution in [2.75, 3.05) is 0 Å². The average Bonchev–Trinajstić information content (AvgIpc) is 3.01. The summed E-state index contributed by atoms with van der Waals surface area (Å²) in [4.78, 5) is 27.9. The molecule has 1 unspecified atom stereocenters. The number of carbonyl (C=O) groups is 2. The van der Waals surface area contributed by atoms with Crippen molar-refractivity contribution in [2.45, 2.75) is 45.3 Å². The smallest absolute Gasteiger partial charge is 0.329 e. The number of rotatable bonds is 9. The normalized spacial score (nSPS) is 13.0. The number of nitrogens with zero attached hydrogens (tertiary/aromatic N) is 1. The fourth-order valence-corrected chi connectivity index (χ4v) is 3.24. The van der Waals surface area contributed by atoms with E-state index in [1.165, 1.54) is 18.3 Å². The molecular weight excluding hydrogens is 376 g/mol. The molecule has 0 radical (unpaired) electrons. The highest BCUT2D eigenvalue weighted by molar-refractivity contribution is 7.09. The van der Waals surface area contributed by atoms with E-state index in [9.17, 15) is 14.7 Å². The van der Waals surface area contributed by atoms with Crippen LogP contribution in [0.15, 0.2) is 29.6 Å². The molecule has 8 heteroatoms. The van der Waals surface area contributed by atoms with Gasteiger partial charge in [-0.25, -0.2) is 9.78 Å². The maximum absolute atomic E-state index is 12.2. The van der Waals surface area contributed by atoms with E-state index in [-0.39, 0.29) is 18.9 Å². The number of carbonyl (C=O) groups excluding carboxylic acids is 1. The van der Waals surface area contributed by atoms with E-state index in [1.807, 2.05) is 6.92 Å². The van der Waals surface area contributed by atoms with Crippen molar-refractivity contribution in [3.63, 3.8) is 0 Å². The third-order valence-electron chi connectivity index (χ3n) is 3.75. The van der Waals surface area contributed by atoms with Crippen LogP contribution in [-0.4, -0.2) is 27.5 Å². The molecule has 1 atom stereocenters. The number of nitrogens with one attached hydrogen (secondary N) is 1. The number of amides is 1. The van der Waals surface area contributed by atoms with Crippen molar-refractivity contribution in [3.8, 4) is 5.75 Å². The molecule has 0 aliphatic heterocycles. The standard InChI is InChI=1S/C18H21ClN2O4S/c1-3-8-18(2,17(23)24)21-15(22)9-13-11-26-16(20-13)10-25-14-6-4-12(19)5-7-14/h4-7,11H,3,8-10H2,1-2H3,(H,21,22)(H,23,24). The van der Waals surface area contributed by atoms with Crippen LogP contribution >= 0.6 is 22.9 Å². The predicted molar refractivity (Wildman–Crippen MR) is 101 cm³/mol. The van der Waals surface area contributed by atoms with Gasteiger partial charge in [-0.15, -0.1) is 11.3 Å². The second-order valence-electron chi connectivity index (χ2n) is 6.09. The Morgan fingerprint density at radius 3 is 2.65 bits per heavy atom. The first-order chi connectivity index (χ1) is 12.3. The lowest BCUT2D eigenvalue weighted by atomic mass is 9.96. The summed E-state index contributed by atoms with van der Waals surface area (Å²) in [5, 5.41) is 15.1. The summed E-state index contributed by atoms with van der Waals surface area (Å²) in [6.07, 6.45) is 1.06. The molecular formula is C18H21ClN2O4S. The van der Waals surface area contributed by atoms with Gasteiger partial charge in [0.2, 0.25) is 5.91 Å². The number of carboxylic acid groups (broad SMARTS) is 1. The Balaban J connectivity index is 1.89. The monoisotopic (exact) mass is 396 g/mol. The van der Waals surface area contributed by atoms with Crippen LogP contribution in [0.25, 0.3) is 0 Å². The number of aliphatic carboxylic acids is 1. The fraction of sp³-hybridized carbons (Fsp3) is 0.389. The van der Waals surface area contributed by atoms with Crippen LogP contribution in [0.5, 0.6) is 5.75 Å². The lowest BCUT2D eigenvalue weighted by molar-refractivity contribution is -0.147. The van der Waals surface area contributed by atoms with Crippen LogP contribution < -0.4 is 10.1 Å². The van der Waals surface area contributed by atoms with Gasteiger partial charge in [0.15, 0.2) is 0 Å². The Morgan fingerprint density at radius 1 is 1.35 bits per heavy atom. The van der Waals surface area contributed by atoms with Crippen molar-refractivity contribution in [1.29, 1.82) is 0 Å². The second-order valence-corrected chi connectivity index (χ2v) is 7.47. The van der Waals surface area contributed by atoms with Crippen molar-refractivity contribution >= 4 is 34.8 Å². The first-order valence-electron chi connectivity index (χ1n) is 8.18. The van der Waals surface area contributed by atoms with Gasteiger partial charge in [-0.2, -0.15) is 0 Å². The Hall–Kier alpha value is -2.12. The summed E-state index contributed by atoms with van der Waals surface area (Å²) in [6, 6.07) is 7.02. The van der Waals surface area contributed by atoms with E-state index < -0.39 is 11.5 Å². The van der Waals surface area contributed by atoms with Gasteiger partial charge < -0.3 is 15.2 Å². The number of carboxylic acids is 1. The summed E-state index contributed by atoms with van der Waals surface area (Å²) < 4.78 is 5.62. The first kappa shape index (κ1) is 20.2. The number of benzene rings is 1. The van der Waals surface area contributed by atoms with Gasteiger partial charge in [0.25, 0.3) is 0 Å². The molecule has 2 rings (SSSR count). The van der Waals surface area contributed by atoms with Crippen LogP contribution in [0, 0.1) is 0 Å². The molecule has 2 N–H and O–H groups in total. The summed E-state index contributed by atoms with van der Waals surface area (Å²) in [7, 11) is 0. The van der Waals surface area contributed by atoms with E-state index in [4.69, 9.17) is 16.3 Å². The average molecular weight is 397 g/mol. The molecule has 6 nitrogen and oxygen atoms in total. The highest BCUT2D eigenvalue weighted by atomic mass is 35.5. The maximum Gasteiger partial charge on any atom is 0.329 e. The van der Waals surface area contributed by atoms with Crippen molar-refractivity contribution in [3.05, 3.63) is 45.4 Å². The summed E-state index contributed by atoms with van der Waals surface area (Å²) >= 11 is 7.22. The molecule has 0 saturated carbocycles. The first-order valence-corrected chi connectivity index (χ1v) is 9.44. The molecule has 1 aromatic heterocycles. The number of hydrogen-bond acceptors (Lipinski definition) is 5. The molecule has 1 aromatic carbocycles. The third kappa shape index (κ3) is 5.71. The number of ether oxygens (including phenoxy) is 1. The van der Waals surface area contributed by atoms with Crippen molar-refractivity contribution in [1.82, 2.24) is 10.3 Å². The zero-order valence-corrected chi connectivity index (χ0v) is 16.2. The van der Waals surface area contributed by atoms with Gasteiger partial charge in [-0.3, -0.25) is 4.79 Å². The molecule has 0 aliphatic rings. The van der Waals surface area contributed by atoms with Gasteiger partial charge in [-0.05, 0) is 37.6 Å². The molecule has 26 heavy (non-hydrogen) atoms. The molecule has 0 saturated heterocycles. The summed E-state index contributed by atoms with van der Waals surface area (Å²) in [5.41, 5.74) is -0.672. The quantitative estimate of drug-likeness (QED) is 0.675. The zero-order chi connectivity index (χ0) is 19.2. The van der Waals surface area contributed by atoms with Gasteiger partial charge >= 0.3 is 5.97 Å². The van der Waals surface area contributed by atoms with E-state index in [1.54, 1.807) is 29.6 Å². The summed E-state index contributed by atoms with van der Waals surface area (Å²) in [5.74, 6) is -0.720. The molecule has 0 aliphatic carbocycles. The van der Waals surface area contributed by atoms with Gasteiger partial charge in [0.1, 0.15) is 22.9 Å². The van der Waals surface area contributed by atoms with Gasteiger partial charge in [0, 0.05) is 10.4 Å². The van der Waals surface area contributed by atoms with Crippen LogP contribution in [0.1, 0.15) is 37.4 Å². The van der Waals surface area contributed by atoms with Crippen molar-refractivity contribution in [2.24, 2.45) is 0 Å². The van der Waals surface area contributed by atoms with Crippen molar-refractivity contribution < 1.29 is 19.4 Å². The lowest BCUT2D eigenvalue weighted by Crippen LogP contribution is -2.52. The Bertz CT molecular complexity index is 763. The van der Waals surface area contributed by atoms with Gasteiger partial charge in [0.05, 0.1) is 12.1 Å². The Kier molecular flexibility index (Phi) is 6.99. The minimum Gasteiger partial charge on any atom is -0.486 e. The topological polar surface area (TPSA) is 88.5 Å². The number of thiazole rings is 1. The summed E-state index contributed by atoms with van der Waals surface area (Å²) in [6.45, 7) is 3.68. The molecule has 1 amide bonds. The molecule has 0 bridgehead atoms. The minimum absolute atomic E-state index is 0.0318. The minimum atomic E-state index is -1.26. The van der Waals surface area contributed by atoms with Crippen LogP contribution in [0.2, 0.25) is 5.02 Å². The number of hydrogen-bond donors (Lipinski definition) is 2. The van der Waals surface area contributed by atoms with E-state index in [0.717, 1.165) is 5.01 Å². The lowest BCUT2D eigenvalue weighted by Gasteiger charge is -2.25. The van der Waals surface area contributed by atoms with Crippen LogP contribution in [-0.2, 0) is 22.6 Å². The second kappa shape index (κ2) is 9.00. The Morgan fingerprint density at radius 2 is 2.04 bits per heavy atom. The zero-order valence-electron chi connectivity index (χ0n) is 14.6. The maximum atomic E-state index is 12.2. The molecule has 0 spiro atoms. The third-order valence-corrected chi connectivity index (χ3v) is 4.88. The Labute approximate surface area is 161 Å². The highest BCUT2D eigenvalue weighted by Gasteiger charge is 2.33. The van der Waals surface area contributed by atoms with E-state index >= 15 is 0 Å². The van der Waals surface area contributed by atoms with Crippen LogP contribution in [0.3, 0.4) is 0 Å². The molecule has 0 fully saturated rings. The SMILES string of the molecule is CCCC(C)(NC(=O)Cc1csc(COc2ccc(Cl)cc2)n1)C(=O)O. The number of halogens is 1. The number of aromatic nitrogens is 1. The van der Waals surface area contributed by atoms with Crippen LogP contribution in [0.4, 0.5) is 0 Å². The van der Waals surface area contributed by atoms with E-state index in [2.05, 4.69) is 10.3 Å². The van der Waals surface area contributed by atoms with Gasteiger partial charge in [-0.1, -0.05) is 24.9 Å². The molecule has 2 aromatic rings. The predicted octanol–water partition coefficient (Wildman–Crippen LogP) is 3.68. The highest BCUT2D eigenvalue weighted by Crippen LogP contribution is 2.19. The molecule has 140 valence electrons.